The molecular formula is C24H27NO4. The molecule has 29 heavy (non-hydrogen) atoms. The fourth-order valence-corrected chi connectivity index (χ4v) is 3.34. The molecule has 0 fully saturated rings. The van der Waals surface area contributed by atoms with E-state index in [0.717, 1.165) is 17.9 Å². The highest BCUT2D eigenvalue weighted by Gasteiger charge is 2.17. The third-order valence-corrected chi connectivity index (χ3v) is 4.84. The predicted octanol–water partition coefficient (Wildman–Crippen LogP) is 4.57. The third kappa shape index (κ3) is 5.48. The maximum atomic E-state index is 11.2. The van der Waals surface area contributed by atoms with Gasteiger partial charge in [0.2, 0.25) is 0 Å². The average molecular weight is 393 g/mol. The molecule has 152 valence electrons. The van der Waals surface area contributed by atoms with Crippen molar-refractivity contribution in [3.05, 3.63) is 78.0 Å². The minimum Gasteiger partial charge on any atom is -0.492 e. The number of ether oxygens (including phenoxy) is 2. The van der Waals surface area contributed by atoms with E-state index in [2.05, 4.69) is 35.8 Å². The van der Waals surface area contributed by atoms with Gasteiger partial charge >= 0.3 is 5.97 Å². The Bertz CT molecular complexity index is 916. The lowest BCUT2D eigenvalue weighted by Crippen LogP contribution is -2.26. The van der Waals surface area contributed by atoms with Crippen molar-refractivity contribution in [2.75, 3.05) is 13.2 Å². The normalized spacial score (nSPS) is 11.9. The maximum absolute atomic E-state index is 11.2. The molecule has 0 amide bonds. The highest BCUT2D eigenvalue weighted by molar-refractivity contribution is 5.72. The smallest absolute Gasteiger partial charge is 0.333 e. The molecule has 2 aromatic carbocycles. The topological polar surface area (TPSA) is 60.7 Å². The van der Waals surface area contributed by atoms with Gasteiger partial charge in [-0.05, 0) is 49.2 Å². The summed E-state index contributed by atoms with van der Waals surface area (Å²) in [5, 5.41) is 9.20. The van der Waals surface area contributed by atoms with Crippen molar-refractivity contribution < 1.29 is 19.4 Å². The summed E-state index contributed by atoms with van der Waals surface area (Å²) in [6, 6.07) is 22.1. The molecule has 1 heterocycles. The van der Waals surface area contributed by atoms with E-state index in [0.29, 0.717) is 19.6 Å². The summed E-state index contributed by atoms with van der Waals surface area (Å²) in [5.41, 5.74) is 4.47. The van der Waals surface area contributed by atoms with Crippen LogP contribution in [0.25, 0.3) is 11.3 Å². The lowest BCUT2D eigenvalue weighted by atomic mass is 10.1. The van der Waals surface area contributed by atoms with E-state index in [1.807, 2.05) is 42.5 Å². The fraction of sp³-hybridized carbons (Fsp3) is 0.292. The van der Waals surface area contributed by atoms with Crippen LogP contribution in [0.5, 0.6) is 5.75 Å². The Morgan fingerprint density at radius 2 is 1.76 bits per heavy atom. The lowest BCUT2D eigenvalue weighted by Gasteiger charge is -2.14. The van der Waals surface area contributed by atoms with Crippen molar-refractivity contribution >= 4 is 5.97 Å². The Kier molecular flexibility index (Phi) is 7.09. The van der Waals surface area contributed by atoms with Crippen molar-refractivity contribution in [2.45, 2.75) is 32.9 Å². The summed E-state index contributed by atoms with van der Waals surface area (Å²) in [4.78, 5) is 11.2. The zero-order chi connectivity index (χ0) is 20.6. The van der Waals surface area contributed by atoms with E-state index in [9.17, 15) is 9.90 Å². The Morgan fingerprint density at radius 3 is 2.41 bits per heavy atom. The van der Waals surface area contributed by atoms with Crippen LogP contribution in [-0.4, -0.2) is 35.0 Å². The molecule has 0 bridgehead atoms. The first-order valence-electron chi connectivity index (χ1n) is 9.86. The lowest BCUT2D eigenvalue weighted by molar-refractivity contribution is -0.149. The van der Waals surface area contributed by atoms with E-state index in [-0.39, 0.29) is 0 Å². The second kappa shape index (κ2) is 9.94. The molecule has 0 aliphatic carbocycles. The number of aryl methyl sites for hydroxylation is 1. The number of benzene rings is 2. The molecule has 0 aliphatic heterocycles. The maximum Gasteiger partial charge on any atom is 0.333 e. The average Bonchev–Trinajstić information content (AvgIpc) is 3.10. The molecule has 0 aliphatic rings. The van der Waals surface area contributed by atoms with Gasteiger partial charge in [-0.3, -0.25) is 0 Å². The van der Waals surface area contributed by atoms with E-state index >= 15 is 0 Å². The SMILES string of the molecule is CCOC(Cc1ccc(OCCn2c(C)ccc2-c2ccccc2)cc1)C(=O)O. The largest absolute Gasteiger partial charge is 0.492 e. The molecule has 1 atom stereocenters. The Morgan fingerprint density at radius 1 is 1.03 bits per heavy atom. The van der Waals surface area contributed by atoms with Crippen molar-refractivity contribution in [1.82, 2.24) is 4.57 Å². The number of rotatable bonds is 10. The first-order chi connectivity index (χ1) is 14.1. The highest BCUT2D eigenvalue weighted by atomic mass is 16.5. The number of nitrogens with zero attached hydrogens (tertiary/aromatic N) is 1. The van der Waals surface area contributed by atoms with Gasteiger partial charge in [-0.2, -0.15) is 0 Å². The third-order valence-electron chi connectivity index (χ3n) is 4.84. The summed E-state index contributed by atoms with van der Waals surface area (Å²) in [5.74, 6) is -0.174. The first kappa shape index (κ1) is 20.7. The number of aliphatic carboxylic acids is 1. The van der Waals surface area contributed by atoms with Gasteiger partial charge in [0.05, 0.1) is 6.54 Å². The van der Waals surface area contributed by atoms with Gasteiger partial charge in [-0.1, -0.05) is 42.5 Å². The number of carboxylic acid groups (broad SMARTS) is 1. The van der Waals surface area contributed by atoms with Crippen LogP contribution in [0.15, 0.2) is 66.7 Å². The van der Waals surface area contributed by atoms with Gasteiger partial charge in [-0.25, -0.2) is 4.79 Å². The van der Waals surface area contributed by atoms with Gasteiger partial charge in [0.15, 0.2) is 6.10 Å². The Labute approximate surface area is 171 Å². The molecule has 1 aromatic heterocycles. The predicted molar refractivity (Wildman–Crippen MR) is 113 cm³/mol. The van der Waals surface area contributed by atoms with Crippen LogP contribution >= 0.6 is 0 Å². The zero-order valence-corrected chi connectivity index (χ0v) is 16.9. The molecule has 5 heteroatoms. The number of hydrogen-bond donors (Lipinski definition) is 1. The van der Waals surface area contributed by atoms with Gasteiger partial charge in [0.1, 0.15) is 12.4 Å². The Balaban J connectivity index is 1.58. The van der Waals surface area contributed by atoms with Crippen LogP contribution in [0, 0.1) is 6.92 Å². The van der Waals surface area contributed by atoms with Crippen LogP contribution in [0.2, 0.25) is 0 Å². The fourth-order valence-electron chi connectivity index (χ4n) is 3.34. The second-order valence-electron chi connectivity index (χ2n) is 6.86. The summed E-state index contributed by atoms with van der Waals surface area (Å²) >= 11 is 0. The summed E-state index contributed by atoms with van der Waals surface area (Å²) < 4.78 is 13.4. The summed E-state index contributed by atoms with van der Waals surface area (Å²) in [6.45, 7) is 5.56. The molecule has 5 nitrogen and oxygen atoms in total. The summed E-state index contributed by atoms with van der Waals surface area (Å²) in [7, 11) is 0. The summed E-state index contributed by atoms with van der Waals surface area (Å²) in [6.07, 6.45) is -0.480. The minimum atomic E-state index is -0.941. The molecule has 1 unspecified atom stereocenters. The molecule has 1 N–H and O–H groups in total. The molecule has 0 saturated heterocycles. The van der Waals surface area contributed by atoms with Crippen molar-refractivity contribution in [3.8, 4) is 17.0 Å². The molecular weight excluding hydrogens is 366 g/mol. The van der Waals surface area contributed by atoms with Gasteiger partial charge in [0.25, 0.3) is 0 Å². The van der Waals surface area contributed by atoms with Crippen molar-refractivity contribution in [3.63, 3.8) is 0 Å². The molecule has 0 saturated carbocycles. The van der Waals surface area contributed by atoms with Crippen LogP contribution in [0.1, 0.15) is 18.2 Å². The Hall–Kier alpha value is -3.05. The highest BCUT2D eigenvalue weighted by Crippen LogP contribution is 2.22. The zero-order valence-electron chi connectivity index (χ0n) is 16.9. The van der Waals surface area contributed by atoms with Gasteiger partial charge in [0, 0.05) is 24.4 Å². The number of hydrogen-bond acceptors (Lipinski definition) is 3. The van der Waals surface area contributed by atoms with E-state index < -0.39 is 12.1 Å². The van der Waals surface area contributed by atoms with Crippen LogP contribution in [0.3, 0.4) is 0 Å². The number of aromatic nitrogens is 1. The van der Waals surface area contributed by atoms with Crippen LogP contribution < -0.4 is 4.74 Å². The molecule has 3 rings (SSSR count). The van der Waals surface area contributed by atoms with Gasteiger partial charge in [-0.15, -0.1) is 0 Å². The monoisotopic (exact) mass is 393 g/mol. The van der Waals surface area contributed by atoms with Crippen LogP contribution in [-0.2, 0) is 22.5 Å². The molecule has 0 radical (unpaired) electrons. The van der Waals surface area contributed by atoms with Crippen molar-refractivity contribution in [2.24, 2.45) is 0 Å². The van der Waals surface area contributed by atoms with Crippen LogP contribution in [0.4, 0.5) is 0 Å². The van der Waals surface area contributed by atoms with E-state index in [1.165, 1.54) is 17.0 Å². The first-order valence-corrected chi connectivity index (χ1v) is 9.86. The quantitative estimate of drug-likeness (QED) is 0.548. The van der Waals surface area contributed by atoms with E-state index in [1.54, 1.807) is 6.92 Å². The number of carboxylic acids is 1. The van der Waals surface area contributed by atoms with Crippen molar-refractivity contribution in [1.29, 1.82) is 0 Å². The molecule has 3 aromatic rings. The van der Waals surface area contributed by atoms with Gasteiger partial charge < -0.3 is 19.1 Å². The van der Waals surface area contributed by atoms with E-state index in [4.69, 9.17) is 9.47 Å². The molecule has 0 spiro atoms. The standard InChI is InChI=1S/C24H27NO4/c1-3-28-23(24(26)27)17-19-10-12-21(13-11-19)29-16-15-25-18(2)9-14-22(25)20-7-5-4-6-8-20/h4-14,23H,3,15-17H2,1-2H3,(H,26,27). The second-order valence-corrected chi connectivity index (χ2v) is 6.86. The minimum absolute atomic E-state index is 0.340. The number of carbonyl (C=O) groups is 1.